The van der Waals surface area contributed by atoms with Gasteiger partial charge in [0.15, 0.2) is 0 Å². The SMILES string of the molecule is NCC1(CN)CCN(CCN2CCOCC2)CC1. The molecule has 0 saturated carbocycles. The molecule has 2 saturated heterocycles. The third-order valence-corrected chi connectivity index (χ3v) is 4.62. The van der Waals surface area contributed by atoms with Gasteiger partial charge in [-0.05, 0) is 44.4 Å². The molecule has 0 bridgehead atoms. The lowest BCUT2D eigenvalue weighted by Gasteiger charge is -2.41. The second kappa shape index (κ2) is 6.82. The summed E-state index contributed by atoms with van der Waals surface area (Å²) in [5, 5.41) is 0. The molecule has 2 rings (SSSR count). The molecule has 18 heavy (non-hydrogen) atoms. The predicted octanol–water partition coefficient (Wildman–Crippen LogP) is -0.682. The molecule has 0 aliphatic carbocycles. The Bertz CT molecular complexity index is 229. The van der Waals surface area contributed by atoms with Gasteiger partial charge in [0.1, 0.15) is 0 Å². The first-order valence-electron chi connectivity index (χ1n) is 7.21. The number of likely N-dealkylation sites (tertiary alicyclic amines) is 1. The number of hydrogen-bond donors (Lipinski definition) is 2. The molecule has 2 heterocycles. The first-order chi connectivity index (χ1) is 8.78. The summed E-state index contributed by atoms with van der Waals surface area (Å²) in [6, 6.07) is 0. The molecular formula is C13H28N4O. The maximum Gasteiger partial charge on any atom is 0.0594 e. The molecule has 4 N–H and O–H groups in total. The smallest absolute Gasteiger partial charge is 0.0594 e. The van der Waals surface area contributed by atoms with Crippen LogP contribution in [0.4, 0.5) is 0 Å². The molecule has 2 fully saturated rings. The van der Waals surface area contributed by atoms with Crippen LogP contribution in [-0.4, -0.2) is 75.4 Å². The van der Waals surface area contributed by atoms with Gasteiger partial charge >= 0.3 is 0 Å². The number of morpholine rings is 1. The van der Waals surface area contributed by atoms with Crippen molar-refractivity contribution in [2.24, 2.45) is 16.9 Å². The van der Waals surface area contributed by atoms with Crippen molar-refractivity contribution in [2.45, 2.75) is 12.8 Å². The molecule has 106 valence electrons. The summed E-state index contributed by atoms with van der Waals surface area (Å²) in [6.07, 6.45) is 2.31. The first kappa shape index (κ1) is 14.2. The lowest BCUT2D eigenvalue weighted by Crippen LogP contribution is -2.49. The largest absolute Gasteiger partial charge is 0.379 e. The van der Waals surface area contributed by atoms with Crippen molar-refractivity contribution in [2.75, 3.05) is 65.6 Å². The molecule has 0 aromatic rings. The van der Waals surface area contributed by atoms with Gasteiger partial charge in [0.25, 0.3) is 0 Å². The normalized spacial score (nSPS) is 26.3. The zero-order valence-electron chi connectivity index (χ0n) is 11.4. The summed E-state index contributed by atoms with van der Waals surface area (Å²) in [5.74, 6) is 0. The molecule has 0 unspecified atom stereocenters. The fourth-order valence-electron chi connectivity index (χ4n) is 2.85. The fourth-order valence-corrected chi connectivity index (χ4v) is 2.85. The maximum atomic E-state index is 5.86. The Morgan fingerprint density at radius 2 is 1.33 bits per heavy atom. The number of nitrogens with zero attached hydrogens (tertiary/aromatic N) is 2. The van der Waals surface area contributed by atoms with Crippen LogP contribution in [0.15, 0.2) is 0 Å². The summed E-state index contributed by atoms with van der Waals surface area (Å²) >= 11 is 0. The van der Waals surface area contributed by atoms with Gasteiger partial charge in [-0.15, -0.1) is 0 Å². The monoisotopic (exact) mass is 256 g/mol. The lowest BCUT2D eigenvalue weighted by molar-refractivity contribution is 0.0287. The molecule has 2 aliphatic heterocycles. The van der Waals surface area contributed by atoms with E-state index in [1.54, 1.807) is 0 Å². The molecule has 0 radical (unpaired) electrons. The van der Waals surface area contributed by atoms with Crippen LogP contribution in [0.1, 0.15) is 12.8 Å². The van der Waals surface area contributed by atoms with Crippen molar-refractivity contribution < 1.29 is 4.74 Å². The Hall–Kier alpha value is -0.200. The Morgan fingerprint density at radius 3 is 1.83 bits per heavy atom. The standard InChI is InChI=1S/C13H28N4O/c14-11-13(12-15)1-3-16(4-2-13)5-6-17-7-9-18-10-8-17/h1-12,14-15H2. The Morgan fingerprint density at radius 1 is 0.833 bits per heavy atom. The Labute approximate surface area is 110 Å². The van der Waals surface area contributed by atoms with Crippen molar-refractivity contribution in [1.82, 2.24) is 9.80 Å². The van der Waals surface area contributed by atoms with Crippen molar-refractivity contribution >= 4 is 0 Å². The van der Waals surface area contributed by atoms with Gasteiger partial charge < -0.3 is 21.1 Å². The lowest BCUT2D eigenvalue weighted by atomic mass is 9.78. The van der Waals surface area contributed by atoms with E-state index in [9.17, 15) is 0 Å². The van der Waals surface area contributed by atoms with E-state index in [0.29, 0.717) is 0 Å². The summed E-state index contributed by atoms with van der Waals surface area (Å²) in [5.41, 5.74) is 11.9. The summed E-state index contributed by atoms with van der Waals surface area (Å²) in [6.45, 7) is 10.1. The molecule has 5 nitrogen and oxygen atoms in total. The van der Waals surface area contributed by atoms with E-state index in [2.05, 4.69) is 9.80 Å². The highest BCUT2D eigenvalue weighted by molar-refractivity contribution is 4.87. The van der Waals surface area contributed by atoms with Gasteiger partial charge in [-0.1, -0.05) is 0 Å². The average molecular weight is 256 g/mol. The van der Waals surface area contributed by atoms with Crippen LogP contribution in [0.2, 0.25) is 0 Å². The number of piperidine rings is 1. The van der Waals surface area contributed by atoms with Gasteiger partial charge in [0.2, 0.25) is 0 Å². The minimum atomic E-state index is 0.218. The molecule has 2 aliphatic rings. The number of ether oxygens (including phenoxy) is 1. The fraction of sp³-hybridized carbons (Fsp3) is 1.00. The third kappa shape index (κ3) is 3.65. The van der Waals surface area contributed by atoms with Crippen molar-refractivity contribution in [3.8, 4) is 0 Å². The summed E-state index contributed by atoms with van der Waals surface area (Å²) in [4.78, 5) is 5.05. The number of rotatable bonds is 5. The van der Waals surface area contributed by atoms with E-state index >= 15 is 0 Å². The van der Waals surface area contributed by atoms with Crippen LogP contribution in [0, 0.1) is 5.41 Å². The van der Waals surface area contributed by atoms with Crippen LogP contribution in [0.25, 0.3) is 0 Å². The zero-order chi connectivity index (χ0) is 12.8. The summed E-state index contributed by atoms with van der Waals surface area (Å²) in [7, 11) is 0. The van der Waals surface area contributed by atoms with Crippen LogP contribution in [-0.2, 0) is 4.74 Å². The van der Waals surface area contributed by atoms with Gasteiger partial charge in [-0.3, -0.25) is 4.90 Å². The highest BCUT2D eigenvalue weighted by atomic mass is 16.5. The molecular weight excluding hydrogens is 228 g/mol. The second-order valence-corrected chi connectivity index (χ2v) is 5.70. The molecule has 0 atom stereocenters. The molecule has 5 heteroatoms. The van der Waals surface area contributed by atoms with E-state index < -0.39 is 0 Å². The van der Waals surface area contributed by atoms with E-state index in [4.69, 9.17) is 16.2 Å². The molecule has 0 amide bonds. The van der Waals surface area contributed by atoms with Crippen molar-refractivity contribution in [3.63, 3.8) is 0 Å². The minimum absolute atomic E-state index is 0.218. The summed E-state index contributed by atoms with van der Waals surface area (Å²) < 4.78 is 5.36. The van der Waals surface area contributed by atoms with Crippen molar-refractivity contribution in [3.05, 3.63) is 0 Å². The van der Waals surface area contributed by atoms with Crippen molar-refractivity contribution in [1.29, 1.82) is 0 Å². The van der Waals surface area contributed by atoms with Gasteiger partial charge in [0.05, 0.1) is 13.2 Å². The molecule has 0 spiro atoms. The minimum Gasteiger partial charge on any atom is -0.379 e. The Balaban J connectivity index is 1.66. The maximum absolute atomic E-state index is 5.86. The van der Waals surface area contributed by atoms with Crippen LogP contribution in [0.3, 0.4) is 0 Å². The van der Waals surface area contributed by atoms with E-state index in [0.717, 1.165) is 65.3 Å². The van der Waals surface area contributed by atoms with E-state index in [-0.39, 0.29) is 5.41 Å². The zero-order valence-corrected chi connectivity index (χ0v) is 11.4. The van der Waals surface area contributed by atoms with Crippen LogP contribution < -0.4 is 11.5 Å². The predicted molar refractivity (Wildman–Crippen MR) is 73.5 cm³/mol. The van der Waals surface area contributed by atoms with Gasteiger partial charge in [0, 0.05) is 26.2 Å². The average Bonchev–Trinajstić information content (AvgIpc) is 2.47. The molecule has 0 aromatic heterocycles. The number of hydrogen-bond acceptors (Lipinski definition) is 5. The Kier molecular flexibility index (Phi) is 5.38. The number of nitrogens with two attached hydrogens (primary N) is 2. The topological polar surface area (TPSA) is 67.8 Å². The highest BCUT2D eigenvalue weighted by Crippen LogP contribution is 2.28. The second-order valence-electron chi connectivity index (χ2n) is 5.70. The van der Waals surface area contributed by atoms with Gasteiger partial charge in [-0.25, -0.2) is 0 Å². The quantitative estimate of drug-likeness (QED) is 0.682. The van der Waals surface area contributed by atoms with Crippen LogP contribution in [0.5, 0.6) is 0 Å². The van der Waals surface area contributed by atoms with Gasteiger partial charge in [-0.2, -0.15) is 0 Å². The third-order valence-electron chi connectivity index (χ3n) is 4.62. The van der Waals surface area contributed by atoms with E-state index in [1.165, 1.54) is 13.1 Å². The first-order valence-corrected chi connectivity index (χ1v) is 7.21. The molecule has 0 aromatic carbocycles. The van der Waals surface area contributed by atoms with Crippen LogP contribution >= 0.6 is 0 Å². The van der Waals surface area contributed by atoms with E-state index in [1.807, 2.05) is 0 Å². The highest BCUT2D eigenvalue weighted by Gasteiger charge is 2.31.